The van der Waals surface area contributed by atoms with Gasteiger partial charge in [0.1, 0.15) is 12.6 Å². The van der Waals surface area contributed by atoms with Crippen LogP contribution in [0.2, 0.25) is 0 Å². The maximum Gasteiger partial charge on any atom is 0.407 e. The van der Waals surface area contributed by atoms with Crippen LogP contribution < -0.4 is 10.8 Å². The van der Waals surface area contributed by atoms with E-state index in [0.717, 1.165) is 0 Å². The molecule has 1 heterocycles. The van der Waals surface area contributed by atoms with E-state index in [9.17, 15) is 9.59 Å². The third-order valence-corrected chi connectivity index (χ3v) is 1.31. The van der Waals surface area contributed by atoms with Gasteiger partial charge < -0.3 is 10.1 Å². The SMILES string of the molecule is CCONC(=O)C1COC(=O)N1. The van der Waals surface area contributed by atoms with Gasteiger partial charge in [0, 0.05) is 0 Å². The van der Waals surface area contributed by atoms with Crippen LogP contribution in [0, 0.1) is 0 Å². The zero-order valence-electron chi connectivity index (χ0n) is 6.62. The van der Waals surface area contributed by atoms with Gasteiger partial charge in [0.2, 0.25) is 0 Å². The lowest BCUT2D eigenvalue weighted by atomic mass is 10.3. The fourth-order valence-corrected chi connectivity index (χ4v) is 0.740. The summed E-state index contributed by atoms with van der Waals surface area (Å²) in [5.41, 5.74) is 2.16. The molecule has 1 rings (SSSR count). The largest absolute Gasteiger partial charge is 0.447 e. The molecule has 6 heteroatoms. The Kier molecular flexibility index (Phi) is 2.87. The third kappa shape index (κ3) is 2.09. The van der Waals surface area contributed by atoms with Crippen LogP contribution in [0.1, 0.15) is 6.92 Å². The molecule has 0 aromatic rings. The molecule has 0 saturated carbocycles. The lowest BCUT2D eigenvalue weighted by Crippen LogP contribution is -2.42. The number of carbonyl (C=O) groups is 2. The summed E-state index contributed by atoms with van der Waals surface area (Å²) in [6.07, 6.45) is -0.577. The van der Waals surface area contributed by atoms with Crippen LogP contribution in [0.25, 0.3) is 0 Å². The fourth-order valence-electron chi connectivity index (χ4n) is 0.740. The van der Waals surface area contributed by atoms with Crippen molar-refractivity contribution in [1.29, 1.82) is 0 Å². The Morgan fingerprint density at radius 2 is 2.67 bits per heavy atom. The summed E-state index contributed by atoms with van der Waals surface area (Å²) >= 11 is 0. The number of alkyl carbamates (subject to hydrolysis) is 1. The first-order chi connectivity index (χ1) is 5.74. The Balaban J connectivity index is 2.28. The van der Waals surface area contributed by atoms with E-state index in [2.05, 4.69) is 20.4 Å². The maximum absolute atomic E-state index is 11.0. The van der Waals surface area contributed by atoms with E-state index < -0.39 is 18.0 Å². The van der Waals surface area contributed by atoms with Crippen molar-refractivity contribution in [2.45, 2.75) is 13.0 Å². The van der Waals surface area contributed by atoms with Gasteiger partial charge in [-0.2, -0.15) is 0 Å². The average molecular weight is 174 g/mol. The number of hydrogen-bond donors (Lipinski definition) is 2. The Hall–Kier alpha value is -1.30. The molecule has 1 aliphatic rings. The molecule has 2 amide bonds. The van der Waals surface area contributed by atoms with Crippen molar-refractivity contribution >= 4 is 12.0 Å². The summed E-state index contributed by atoms with van der Waals surface area (Å²) in [5.74, 6) is -0.400. The smallest absolute Gasteiger partial charge is 0.407 e. The first-order valence-corrected chi connectivity index (χ1v) is 3.59. The molecule has 2 N–H and O–H groups in total. The molecule has 0 bridgehead atoms. The van der Waals surface area contributed by atoms with Gasteiger partial charge in [-0.3, -0.25) is 9.63 Å². The topological polar surface area (TPSA) is 76.7 Å². The van der Waals surface area contributed by atoms with Gasteiger partial charge >= 0.3 is 6.09 Å². The van der Waals surface area contributed by atoms with Gasteiger partial charge in [-0.15, -0.1) is 0 Å². The Labute approximate surface area is 69.2 Å². The highest BCUT2D eigenvalue weighted by Crippen LogP contribution is 1.96. The number of hydrogen-bond acceptors (Lipinski definition) is 4. The number of cyclic esters (lactones) is 1. The summed E-state index contributed by atoms with van der Waals surface area (Å²) in [7, 11) is 0. The monoisotopic (exact) mass is 174 g/mol. The zero-order chi connectivity index (χ0) is 8.97. The minimum atomic E-state index is -0.635. The molecule has 1 unspecified atom stereocenters. The second-order valence-electron chi connectivity index (χ2n) is 2.19. The van der Waals surface area contributed by atoms with Gasteiger partial charge in [0.15, 0.2) is 0 Å². The van der Waals surface area contributed by atoms with Crippen molar-refractivity contribution in [2.24, 2.45) is 0 Å². The number of carbonyl (C=O) groups excluding carboxylic acids is 2. The number of hydroxylamine groups is 1. The molecule has 68 valence electrons. The summed E-state index contributed by atoms with van der Waals surface area (Å²) < 4.78 is 4.50. The molecule has 6 nitrogen and oxygen atoms in total. The van der Waals surface area contributed by atoms with E-state index in [1.807, 2.05) is 0 Å². The summed E-state index contributed by atoms with van der Waals surface area (Å²) in [5, 5.41) is 2.31. The molecule has 1 saturated heterocycles. The van der Waals surface area contributed by atoms with Gasteiger partial charge in [-0.1, -0.05) is 0 Å². The van der Waals surface area contributed by atoms with E-state index in [4.69, 9.17) is 0 Å². The van der Waals surface area contributed by atoms with Gasteiger partial charge in [-0.05, 0) is 6.92 Å². The molecule has 1 aliphatic heterocycles. The zero-order valence-corrected chi connectivity index (χ0v) is 6.62. The van der Waals surface area contributed by atoms with Gasteiger partial charge in [-0.25, -0.2) is 10.3 Å². The first-order valence-electron chi connectivity index (χ1n) is 3.59. The molecule has 1 fully saturated rings. The summed E-state index contributed by atoms with van der Waals surface area (Å²) in [4.78, 5) is 26.1. The third-order valence-electron chi connectivity index (χ3n) is 1.31. The molecule has 0 aromatic carbocycles. The average Bonchev–Trinajstić information content (AvgIpc) is 2.47. The minimum absolute atomic E-state index is 0.0533. The molecule has 0 spiro atoms. The van der Waals surface area contributed by atoms with Crippen LogP contribution in [0.5, 0.6) is 0 Å². The minimum Gasteiger partial charge on any atom is -0.447 e. The lowest BCUT2D eigenvalue weighted by Gasteiger charge is -2.06. The Bertz CT molecular complexity index is 194. The molecule has 1 atom stereocenters. The van der Waals surface area contributed by atoms with E-state index >= 15 is 0 Å². The maximum atomic E-state index is 11.0. The van der Waals surface area contributed by atoms with Crippen molar-refractivity contribution in [3.05, 3.63) is 0 Å². The standard InChI is InChI=1S/C6H10N2O4/c1-2-12-8-5(9)4-3-11-6(10)7-4/h4H,2-3H2,1H3,(H,7,10)(H,8,9). The van der Waals surface area contributed by atoms with Crippen LogP contribution in [-0.4, -0.2) is 31.3 Å². The first kappa shape index (κ1) is 8.79. The van der Waals surface area contributed by atoms with Crippen molar-refractivity contribution in [2.75, 3.05) is 13.2 Å². The quantitative estimate of drug-likeness (QED) is 0.547. The van der Waals surface area contributed by atoms with Gasteiger partial charge in [0.05, 0.1) is 6.61 Å². The highest BCUT2D eigenvalue weighted by Gasteiger charge is 2.28. The highest BCUT2D eigenvalue weighted by molar-refractivity contribution is 5.87. The van der Waals surface area contributed by atoms with E-state index in [1.54, 1.807) is 6.92 Å². The van der Waals surface area contributed by atoms with Crippen LogP contribution in [-0.2, 0) is 14.4 Å². The van der Waals surface area contributed by atoms with E-state index in [-0.39, 0.29) is 6.61 Å². The van der Waals surface area contributed by atoms with Crippen LogP contribution >= 0.6 is 0 Å². The number of amides is 2. The normalized spacial score (nSPS) is 21.4. The molecule has 0 aliphatic carbocycles. The van der Waals surface area contributed by atoms with E-state index in [1.165, 1.54) is 0 Å². The lowest BCUT2D eigenvalue weighted by molar-refractivity contribution is -0.135. The van der Waals surface area contributed by atoms with Gasteiger partial charge in [0.25, 0.3) is 5.91 Å². The number of rotatable bonds is 3. The molecule has 12 heavy (non-hydrogen) atoms. The second kappa shape index (κ2) is 3.91. The van der Waals surface area contributed by atoms with Crippen LogP contribution in [0.3, 0.4) is 0 Å². The molecular formula is C6H10N2O4. The van der Waals surface area contributed by atoms with Crippen molar-refractivity contribution in [1.82, 2.24) is 10.8 Å². The van der Waals surface area contributed by atoms with Crippen LogP contribution in [0.15, 0.2) is 0 Å². The summed E-state index contributed by atoms with van der Waals surface area (Å²) in [6.45, 7) is 2.18. The van der Waals surface area contributed by atoms with Crippen molar-refractivity contribution in [3.63, 3.8) is 0 Å². The predicted molar refractivity (Wildman–Crippen MR) is 38.0 cm³/mol. The van der Waals surface area contributed by atoms with Crippen molar-refractivity contribution in [3.8, 4) is 0 Å². The summed E-state index contributed by atoms with van der Waals surface area (Å²) in [6, 6.07) is -0.635. The Morgan fingerprint density at radius 1 is 1.92 bits per heavy atom. The molecule has 0 radical (unpaired) electrons. The molecule has 0 aromatic heterocycles. The fraction of sp³-hybridized carbons (Fsp3) is 0.667. The molecular weight excluding hydrogens is 164 g/mol. The Morgan fingerprint density at radius 3 is 3.17 bits per heavy atom. The van der Waals surface area contributed by atoms with Crippen molar-refractivity contribution < 1.29 is 19.2 Å². The number of ether oxygens (including phenoxy) is 1. The predicted octanol–water partition coefficient (Wildman–Crippen LogP) is -0.837. The number of nitrogens with one attached hydrogen (secondary N) is 2. The second-order valence-corrected chi connectivity index (χ2v) is 2.19. The van der Waals surface area contributed by atoms with Crippen LogP contribution in [0.4, 0.5) is 4.79 Å². The van der Waals surface area contributed by atoms with E-state index in [0.29, 0.717) is 6.61 Å². The highest BCUT2D eigenvalue weighted by atomic mass is 16.7.